The van der Waals surface area contributed by atoms with E-state index >= 15 is 0 Å². The molecule has 0 spiro atoms. The predicted molar refractivity (Wildman–Crippen MR) is 365 cm³/mol. The van der Waals surface area contributed by atoms with Gasteiger partial charge < -0.3 is 165 Å². The van der Waals surface area contributed by atoms with E-state index in [2.05, 4.69) is 16.0 Å². The molecule has 19 atom stereocenters. The third-order valence-corrected chi connectivity index (χ3v) is 21.5. The van der Waals surface area contributed by atoms with E-state index in [1.54, 1.807) is 0 Å². The summed E-state index contributed by atoms with van der Waals surface area (Å²) in [5, 5.41) is 98.6. The highest BCUT2D eigenvalue weighted by Crippen LogP contribution is 2.46. The molecular formula is C55H107N3O34P4S4. The normalized spacial score (nSPS) is 28.8. The van der Waals surface area contributed by atoms with Gasteiger partial charge in [0.15, 0.2) is 18.9 Å². The molecule has 3 fully saturated rings. The van der Waals surface area contributed by atoms with Crippen molar-refractivity contribution in [1.82, 2.24) is 16.0 Å². The van der Waals surface area contributed by atoms with Crippen LogP contribution in [0.25, 0.3) is 0 Å². The lowest BCUT2D eigenvalue weighted by atomic mass is 9.92. The Morgan fingerprint density at radius 1 is 0.360 bits per heavy atom. The van der Waals surface area contributed by atoms with E-state index in [-0.39, 0.29) is 138 Å². The van der Waals surface area contributed by atoms with E-state index in [0.717, 1.165) is 0 Å². The monoisotopic (exact) mass is 1610 g/mol. The van der Waals surface area contributed by atoms with Crippen molar-refractivity contribution in [3.05, 3.63) is 0 Å². The minimum absolute atomic E-state index is 0.0176. The van der Waals surface area contributed by atoms with E-state index in [1.165, 1.54) is 27.9 Å². The fourth-order valence-corrected chi connectivity index (χ4v) is 14.1. The Hall–Kier alpha value is -0.230. The smallest absolute Gasteiger partial charge is 0.324 e. The molecular weight excluding hydrogens is 1500 g/mol. The van der Waals surface area contributed by atoms with Crippen molar-refractivity contribution >= 4 is 91.8 Å². The van der Waals surface area contributed by atoms with Gasteiger partial charge in [0, 0.05) is 74.1 Å². The second-order valence-electron chi connectivity index (χ2n) is 23.4. The average Bonchev–Trinajstić information content (AvgIpc) is 0.822. The van der Waals surface area contributed by atoms with Gasteiger partial charge in [-0.25, -0.2) is 0 Å². The first-order valence-corrected chi connectivity index (χ1v) is 42.9. The average molecular weight is 1610 g/mol. The van der Waals surface area contributed by atoms with Gasteiger partial charge in [-0.2, -0.15) is 0 Å². The number of amides is 3. The molecule has 0 aromatic rings. The fraction of sp³-hybridized carbons (Fsp3) is 0.945. The number of unbranched alkanes of at least 4 members (excludes halogenated alkanes) is 4. The molecule has 0 saturated carbocycles. The van der Waals surface area contributed by atoms with Gasteiger partial charge in [0.1, 0.15) is 73.1 Å². The summed E-state index contributed by atoms with van der Waals surface area (Å²) in [4.78, 5) is 77.7. The third kappa shape index (κ3) is 37.7. The number of aliphatic hydroxyl groups is 9. The molecule has 590 valence electrons. The van der Waals surface area contributed by atoms with Crippen LogP contribution in [0.15, 0.2) is 0 Å². The quantitative estimate of drug-likeness (QED) is 0.0228. The standard InChI is InChI=1S/C55H107N3O34P4S4/c1-37(62)56-43-49(68)46(65)40(30-59)90-52(43)80-20-6-10-24-84-94(72,98)87-27-13-17-77-34-55(33-76-16-5-9-23-83-93(71,97)75-4,35-78-18-14-28-88-95(73,99)85-25-11-7-21-81-53-44(57-38(2)63)50(69)47(66)41(31-60)91-53)36-79-19-15-29-89-96(74,100)86-26-12-8-22-82-54-45(58-39(3)64)51(70)48(67)42(32-61)92-54/h40-54,59-61,65-70H,5-36H2,1-4H3,(H,56,62)(H,57,63)(H,58,64)(H,71,97)(H,72,98)(H,73,99)(H,74,100)/t40?,41?,42?,43?,44?,45?,46-,47-,48-,49+,50+,51+,52+,53+,54+,55?,93?,94?,95?,96?/m0/s1. The van der Waals surface area contributed by atoms with Gasteiger partial charge in [0.2, 0.25) is 17.7 Å². The number of nitrogens with one attached hydrogen (secondary N) is 3. The summed E-state index contributed by atoms with van der Waals surface area (Å²) in [6, 6.07) is -3.34. The second-order valence-corrected chi connectivity index (χ2v) is 34.9. The van der Waals surface area contributed by atoms with Crippen molar-refractivity contribution in [2.24, 2.45) is 5.41 Å². The Bertz CT molecular complexity index is 2270. The van der Waals surface area contributed by atoms with E-state index in [0.29, 0.717) is 51.4 Å². The van der Waals surface area contributed by atoms with E-state index in [9.17, 15) is 79.9 Å². The lowest BCUT2D eigenvalue weighted by Gasteiger charge is -2.42. The Morgan fingerprint density at radius 2 is 0.580 bits per heavy atom. The molecule has 100 heavy (non-hydrogen) atoms. The highest BCUT2D eigenvalue weighted by Gasteiger charge is 2.48. The summed E-state index contributed by atoms with van der Waals surface area (Å²) >= 11 is 20.6. The Morgan fingerprint density at radius 3 is 0.820 bits per heavy atom. The van der Waals surface area contributed by atoms with Crippen molar-refractivity contribution < 1.29 is 163 Å². The van der Waals surface area contributed by atoms with Gasteiger partial charge in [0.05, 0.1) is 97.9 Å². The summed E-state index contributed by atoms with van der Waals surface area (Å²) in [6.07, 6.45) is -12.2. The zero-order chi connectivity index (χ0) is 74.4. The van der Waals surface area contributed by atoms with Crippen LogP contribution in [0.4, 0.5) is 0 Å². The number of hydrogen-bond donors (Lipinski definition) is 16. The van der Waals surface area contributed by atoms with Crippen molar-refractivity contribution in [3.63, 3.8) is 0 Å². The SMILES string of the molecule is COP(O)(=S)OCCCCOCC(COCCCOP(O)(=S)OCCCCO[C@@H]1OC(CO)[C@H](O)[C@H](O)C1NC(C)=O)(COCCCOP(O)(=S)OCCCCO[C@@H]1OC(CO)[C@H](O)[C@H](O)C1NC(C)=O)COCCCOP(O)(=S)OCCCCO[C@@H]1OC(CO)[C@H](O)[C@H](O)C1NC(C)=O. The first-order valence-electron chi connectivity index (χ1n) is 32.6. The lowest BCUT2D eigenvalue weighted by Crippen LogP contribution is -2.64. The summed E-state index contributed by atoms with van der Waals surface area (Å²) in [6.45, 7) is -12.3. The first-order chi connectivity index (χ1) is 47.3. The molecule has 37 nitrogen and oxygen atoms in total. The Labute approximate surface area is 602 Å². The van der Waals surface area contributed by atoms with Crippen molar-refractivity contribution in [1.29, 1.82) is 0 Å². The Kier molecular flexibility index (Phi) is 47.4. The Balaban J connectivity index is 1.58. The van der Waals surface area contributed by atoms with Crippen LogP contribution < -0.4 is 16.0 Å². The zero-order valence-electron chi connectivity index (χ0n) is 56.6. The molecule has 16 N–H and O–H groups in total. The van der Waals surface area contributed by atoms with Crippen molar-refractivity contribution in [2.75, 3.05) is 146 Å². The van der Waals surface area contributed by atoms with Crippen molar-refractivity contribution in [2.45, 2.75) is 183 Å². The largest absolute Gasteiger partial charge is 0.394 e. The molecule has 10 unspecified atom stereocenters. The summed E-state index contributed by atoms with van der Waals surface area (Å²) in [7, 11) is 1.25. The molecule has 3 rings (SSSR count). The number of hydrogen-bond acceptors (Lipinski definition) is 34. The highest BCUT2D eigenvalue weighted by atomic mass is 32.5. The van der Waals surface area contributed by atoms with Gasteiger partial charge in [-0.1, -0.05) is 0 Å². The van der Waals surface area contributed by atoms with Crippen molar-refractivity contribution in [3.8, 4) is 0 Å². The molecule has 3 amide bonds. The maximum atomic E-state index is 11.8. The van der Waals surface area contributed by atoms with Crippen LogP contribution in [0.5, 0.6) is 0 Å². The number of ether oxygens (including phenoxy) is 10. The minimum Gasteiger partial charge on any atom is -0.394 e. The van der Waals surface area contributed by atoms with Crippen LogP contribution in [0.2, 0.25) is 0 Å². The second kappa shape index (κ2) is 50.5. The van der Waals surface area contributed by atoms with Crippen LogP contribution in [-0.2, 0) is 145 Å². The van der Waals surface area contributed by atoms with Gasteiger partial charge in [-0.05, 0) is 118 Å². The summed E-state index contributed by atoms with van der Waals surface area (Å²) < 4.78 is 102. The first kappa shape index (κ1) is 94.0. The molecule has 3 saturated heterocycles. The van der Waals surface area contributed by atoms with Crippen LogP contribution in [0.1, 0.15) is 91.4 Å². The van der Waals surface area contributed by atoms with E-state index in [1.807, 2.05) is 0 Å². The maximum absolute atomic E-state index is 11.8. The van der Waals surface area contributed by atoms with Gasteiger partial charge in [-0.3, -0.25) is 14.4 Å². The molecule has 3 aliphatic rings. The van der Waals surface area contributed by atoms with Crippen LogP contribution in [0.3, 0.4) is 0 Å². The van der Waals surface area contributed by atoms with Crippen LogP contribution >= 0.6 is 26.9 Å². The number of aliphatic hydroxyl groups excluding tert-OH is 9. The molecule has 0 aromatic heterocycles. The number of carbonyl (C=O) groups is 3. The molecule has 3 heterocycles. The zero-order valence-corrected chi connectivity index (χ0v) is 63.4. The predicted octanol–water partition coefficient (Wildman–Crippen LogP) is -2.16. The fourth-order valence-electron chi connectivity index (χ4n) is 9.67. The molecule has 0 radical (unpaired) electrons. The van der Waals surface area contributed by atoms with Crippen LogP contribution in [-0.4, -0.2) is 321 Å². The molecule has 0 aromatic carbocycles. The summed E-state index contributed by atoms with van der Waals surface area (Å²) in [5.74, 6) is -1.51. The highest BCUT2D eigenvalue weighted by molar-refractivity contribution is 8.08. The van der Waals surface area contributed by atoms with Gasteiger partial charge in [0.25, 0.3) is 0 Å². The summed E-state index contributed by atoms with van der Waals surface area (Å²) in [5.41, 5.74) is -1.02. The molecule has 45 heteroatoms. The number of rotatable bonds is 57. The minimum atomic E-state index is -3.73. The van der Waals surface area contributed by atoms with Gasteiger partial charge >= 0.3 is 26.9 Å². The van der Waals surface area contributed by atoms with Crippen LogP contribution in [0, 0.1) is 5.41 Å². The lowest BCUT2D eigenvalue weighted by molar-refractivity contribution is -0.270. The topological polar surface area (TPSA) is 516 Å². The maximum Gasteiger partial charge on any atom is 0.324 e. The molecule has 0 aliphatic carbocycles. The van der Waals surface area contributed by atoms with E-state index < -0.39 is 162 Å². The van der Waals surface area contributed by atoms with Gasteiger partial charge in [-0.15, -0.1) is 0 Å². The molecule has 3 aliphatic heterocycles. The molecule has 0 bridgehead atoms. The number of carbonyl (C=O) groups excluding carboxylic acids is 3. The third-order valence-electron chi connectivity index (χ3n) is 14.8. The van der Waals surface area contributed by atoms with E-state index in [4.69, 9.17) is 131 Å².